The minimum atomic E-state index is -1.57. The Balaban J connectivity index is 1.42. The molecule has 10 nitrogen and oxygen atoms in total. The summed E-state index contributed by atoms with van der Waals surface area (Å²) in [6.07, 6.45) is -5.72. The lowest BCUT2D eigenvalue weighted by Crippen LogP contribution is -2.60. The highest BCUT2D eigenvalue weighted by Crippen LogP contribution is 2.44. The Hall–Kier alpha value is -2.60. The van der Waals surface area contributed by atoms with Crippen molar-refractivity contribution in [3.63, 3.8) is 0 Å². The highest BCUT2D eigenvalue weighted by Gasteiger charge is 2.45. The van der Waals surface area contributed by atoms with Gasteiger partial charge in [0.25, 0.3) is 0 Å². The lowest BCUT2D eigenvalue weighted by Gasteiger charge is -2.42. The number of hydrogen-bond acceptors (Lipinski definition) is 10. The molecule has 10 heteroatoms. The Morgan fingerprint density at radius 1 is 0.941 bits per heavy atom. The van der Waals surface area contributed by atoms with Crippen molar-refractivity contribution in [3.05, 3.63) is 46.5 Å². The van der Waals surface area contributed by atoms with Gasteiger partial charge in [-0.2, -0.15) is 0 Å². The first kappa shape index (κ1) is 23.2. The van der Waals surface area contributed by atoms with Crippen LogP contribution >= 0.6 is 0 Å². The predicted molar refractivity (Wildman–Crippen MR) is 118 cm³/mol. The van der Waals surface area contributed by atoms with E-state index in [0.29, 0.717) is 18.7 Å². The molecule has 3 aliphatic heterocycles. The van der Waals surface area contributed by atoms with Crippen LogP contribution in [0.4, 0.5) is 0 Å². The maximum Gasteiger partial charge on any atom is 0.229 e. The number of nitrogens with zero attached hydrogens (tertiary/aromatic N) is 1. The molecule has 6 atom stereocenters. The standard InChI is InChI=1S/C24H29NO9/c1-32-18-8-14-11(5-16(18)27)2-3-25-9-13-6-17(28)19(7-12(13)4-15(14)25)33-24-23(31)22(30)21(29)20(10-26)34-24/h5-8,15,20-24,26-31H,2-4,9-10H2,1H3. The number of ether oxygens (including phenoxy) is 3. The number of methoxy groups -OCH3 is 1. The molecule has 34 heavy (non-hydrogen) atoms. The van der Waals surface area contributed by atoms with Crippen LogP contribution in [0.3, 0.4) is 0 Å². The lowest BCUT2D eigenvalue weighted by molar-refractivity contribution is -0.277. The summed E-state index contributed by atoms with van der Waals surface area (Å²) in [5.74, 6) is 0.462. The number of aliphatic hydroxyl groups excluding tert-OH is 4. The summed E-state index contributed by atoms with van der Waals surface area (Å²) < 4.78 is 16.4. The molecule has 3 aliphatic rings. The van der Waals surface area contributed by atoms with E-state index in [1.807, 2.05) is 6.07 Å². The topological polar surface area (TPSA) is 152 Å². The smallest absolute Gasteiger partial charge is 0.229 e. The molecule has 0 radical (unpaired) electrons. The van der Waals surface area contributed by atoms with Gasteiger partial charge in [0.05, 0.1) is 13.7 Å². The third-order valence-corrected chi connectivity index (χ3v) is 7.07. The lowest BCUT2D eigenvalue weighted by atomic mass is 9.83. The van der Waals surface area contributed by atoms with E-state index in [2.05, 4.69) is 4.90 Å². The van der Waals surface area contributed by atoms with Crippen LogP contribution in [0.1, 0.15) is 28.3 Å². The average molecular weight is 475 g/mol. The van der Waals surface area contributed by atoms with Crippen molar-refractivity contribution >= 4 is 0 Å². The number of rotatable bonds is 4. The van der Waals surface area contributed by atoms with Gasteiger partial charge in [-0.1, -0.05) is 0 Å². The molecule has 3 heterocycles. The highest BCUT2D eigenvalue weighted by molar-refractivity contribution is 5.52. The normalized spacial score (nSPS) is 30.7. The molecule has 0 saturated carbocycles. The number of aliphatic hydroxyl groups is 4. The predicted octanol–water partition coefficient (Wildman–Crippen LogP) is -0.0594. The fraction of sp³-hybridized carbons (Fsp3) is 0.500. The zero-order valence-electron chi connectivity index (χ0n) is 18.7. The molecule has 0 spiro atoms. The van der Waals surface area contributed by atoms with E-state index in [9.17, 15) is 30.6 Å². The summed E-state index contributed by atoms with van der Waals surface area (Å²) in [5.41, 5.74) is 4.04. The number of aromatic hydroxyl groups is 2. The Morgan fingerprint density at radius 2 is 1.68 bits per heavy atom. The largest absolute Gasteiger partial charge is 0.504 e. The zero-order chi connectivity index (χ0) is 24.1. The first-order valence-corrected chi connectivity index (χ1v) is 11.3. The quantitative estimate of drug-likeness (QED) is 0.355. The van der Waals surface area contributed by atoms with Gasteiger partial charge in [-0.3, -0.25) is 4.90 Å². The third kappa shape index (κ3) is 3.86. The minimum Gasteiger partial charge on any atom is -0.504 e. The van der Waals surface area contributed by atoms with Gasteiger partial charge in [0.1, 0.15) is 24.4 Å². The monoisotopic (exact) mass is 475 g/mol. The third-order valence-electron chi connectivity index (χ3n) is 7.07. The van der Waals surface area contributed by atoms with Crippen LogP contribution in [0.25, 0.3) is 0 Å². The van der Waals surface area contributed by atoms with E-state index >= 15 is 0 Å². The van der Waals surface area contributed by atoms with Crippen LogP contribution in [-0.4, -0.2) is 86.5 Å². The first-order valence-electron chi connectivity index (χ1n) is 11.3. The fourth-order valence-electron chi connectivity index (χ4n) is 5.16. The van der Waals surface area contributed by atoms with Crippen LogP contribution in [0, 0.1) is 0 Å². The summed E-state index contributed by atoms with van der Waals surface area (Å²) >= 11 is 0. The van der Waals surface area contributed by atoms with Crippen molar-refractivity contribution in [3.8, 4) is 23.0 Å². The second-order valence-electron chi connectivity index (χ2n) is 9.07. The summed E-state index contributed by atoms with van der Waals surface area (Å²) in [6, 6.07) is 6.99. The molecule has 1 saturated heterocycles. The molecule has 5 rings (SSSR count). The number of fused-ring (bicyclic) bond motifs is 4. The Bertz CT molecular complexity index is 1070. The van der Waals surface area contributed by atoms with E-state index in [4.69, 9.17) is 14.2 Å². The van der Waals surface area contributed by atoms with Gasteiger partial charge >= 0.3 is 0 Å². The van der Waals surface area contributed by atoms with E-state index in [-0.39, 0.29) is 23.3 Å². The molecule has 6 N–H and O–H groups in total. The Morgan fingerprint density at radius 3 is 2.41 bits per heavy atom. The molecule has 2 aromatic rings. The van der Waals surface area contributed by atoms with Gasteiger partial charge < -0.3 is 44.8 Å². The maximum absolute atomic E-state index is 10.6. The zero-order valence-corrected chi connectivity index (χ0v) is 18.7. The minimum absolute atomic E-state index is 0.0513. The van der Waals surface area contributed by atoms with Gasteiger partial charge in [-0.15, -0.1) is 0 Å². The van der Waals surface area contributed by atoms with E-state index in [0.717, 1.165) is 35.2 Å². The molecular weight excluding hydrogens is 446 g/mol. The SMILES string of the molecule is COc1cc2c(cc1O)CCN1Cc3cc(O)c(OC4OC(CO)C(O)C(O)C4O)cc3CC21. The summed E-state index contributed by atoms with van der Waals surface area (Å²) in [7, 11) is 1.52. The summed E-state index contributed by atoms with van der Waals surface area (Å²) in [5, 5.41) is 60.4. The summed E-state index contributed by atoms with van der Waals surface area (Å²) in [4.78, 5) is 2.32. The molecule has 1 fully saturated rings. The number of hydrogen-bond donors (Lipinski definition) is 6. The van der Waals surface area contributed by atoms with Crippen molar-refractivity contribution in [1.29, 1.82) is 0 Å². The van der Waals surface area contributed by atoms with Gasteiger partial charge in [0, 0.05) is 19.1 Å². The van der Waals surface area contributed by atoms with Crippen molar-refractivity contribution in [2.45, 2.75) is 56.1 Å². The summed E-state index contributed by atoms with van der Waals surface area (Å²) in [6.45, 7) is 0.861. The molecule has 0 aliphatic carbocycles. The molecule has 6 unspecified atom stereocenters. The van der Waals surface area contributed by atoms with Gasteiger partial charge in [0.15, 0.2) is 23.0 Å². The van der Waals surface area contributed by atoms with Crippen molar-refractivity contribution < 1.29 is 44.8 Å². The molecule has 2 aromatic carbocycles. The van der Waals surface area contributed by atoms with Crippen LogP contribution in [0.2, 0.25) is 0 Å². The molecule has 0 aromatic heterocycles. The van der Waals surface area contributed by atoms with E-state index in [1.54, 1.807) is 18.2 Å². The molecule has 0 amide bonds. The number of benzene rings is 2. The van der Waals surface area contributed by atoms with Crippen LogP contribution in [0.5, 0.6) is 23.0 Å². The second-order valence-corrected chi connectivity index (χ2v) is 9.07. The van der Waals surface area contributed by atoms with Crippen LogP contribution in [0.15, 0.2) is 24.3 Å². The molecule has 0 bridgehead atoms. The molecule has 184 valence electrons. The van der Waals surface area contributed by atoms with Crippen LogP contribution < -0.4 is 9.47 Å². The van der Waals surface area contributed by atoms with E-state index in [1.165, 1.54) is 7.11 Å². The maximum atomic E-state index is 10.6. The van der Waals surface area contributed by atoms with Gasteiger partial charge in [-0.25, -0.2) is 0 Å². The van der Waals surface area contributed by atoms with Crippen molar-refractivity contribution in [2.24, 2.45) is 0 Å². The Labute approximate surface area is 196 Å². The van der Waals surface area contributed by atoms with E-state index < -0.39 is 37.3 Å². The molecular formula is C24H29NO9. The van der Waals surface area contributed by atoms with Gasteiger partial charge in [0.2, 0.25) is 6.29 Å². The fourth-order valence-corrected chi connectivity index (χ4v) is 5.16. The highest BCUT2D eigenvalue weighted by atomic mass is 16.7. The van der Waals surface area contributed by atoms with Crippen molar-refractivity contribution in [1.82, 2.24) is 4.90 Å². The average Bonchev–Trinajstić information content (AvgIpc) is 2.83. The van der Waals surface area contributed by atoms with Crippen LogP contribution in [-0.2, 0) is 24.1 Å². The Kier molecular flexibility index (Phi) is 6.05. The number of phenolic OH excluding ortho intramolecular Hbond substituents is 2. The van der Waals surface area contributed by atoms with Crippen molar-refractivity contribution in [2.75, 3.05) is 20.3 Å². The number of phenols is 2. The second kappa shape index (κ2) is 8.88. The first-order chi connectivity index (χ1) is 16.3. The van der Waals surface area contributed by atoms with Gasteiger partial charge in [-0.05, 0) is 59.4 Å².